The molecule has 2 saturated heterocycles. The highest BCUT2D eigenvalue weighted by molar-refractivity contribution is 7.48. The van der Waals surface area contributed by atoms with Crippen LogP contribution in [-0.2, 0) is 32.4 Å². The molecule has 5 rings (SSSR count). The van der Waals surface area contributed by atoms with Crippen LogP contribution in [0.25, 0.3) is 11.0 Å². The molecule has 2 aliphatic heterocycles. The fourth-order valence-electron chi connectivity index (χ4n) is 5.29. The molecule has 13 nitrogen and oxygen atoms in total. The van der Waals surface area contributed by atoms with Gasteiger partial charge in [-0.15, -0.1) is 0 Å². The smallest absolute Gasteiger partial charge is 0.455 e. The van der Waals surface area contributed by atoms with E-state index in [9.17, 15) is 27.6 Å². The first-order chi connectivity index (χ1) is 21.1. The lowest BCUT2D eigenvalue weighted by Gasteiger charge is -2.33. The summed E-state index contributed by atoms with van der Waals surface area (Å²) in [6, 6.07) is 6.53. The number of rotatable bonds is 9. The SMILES string of the molecule is CC(C)[C@H](NC(F)(F)F)C(=O)O[C@@H]1[C@@H](COP2(=O)OCC[C@H](c3cccc(Cl)c3)O2)O[C@@H](n2ccc3c(N)ncnc32)[C@]1(C)O. The number of nitrogens with zero attached hydrogens (tertiary/aromatic N) is 3. The minimum atomic E-state index is -4.90. The molecule has 246 valence electrons. The van der Waals surface area contributed by atoms with Crippen molar-refractivity contribution in [1.29, 1.82) is 0 Å². The molecule has 45 heavy (non-hydrogen) atoms. The Kier molecular flexibility index (Phi) is 9.51. The van der Waals surface area contributed by atoms with E-state index in [1.165, 1.54) is 43.2 Å². The molecule has 0 radical (unpaired) electrons. The first-order valence-electron chi connectivity index (χ1n) is 13.9. The average molecular weight is 678 g/mol. The third-order valence-corrected chi connectivity index (χ3v) is 9.21. The lowest BCUT2D eigenvalue weighted by Crippen LogP contribution is -2.53. The number of alkyl halides is 3. The van der Waals surface area contributed by atoms with Crippen molar-refractivity contribution < 1.29 is 50.7 Å². The van der Waals surface area contributed by atoms with Crippen LogP contribution in [0.5, 0.6) is 0 Å². The number of carbonyl (C=O) groups excluding carboxylic acids is 1. The zero-order chi connectivity index (χ0) is 32.7. The molecule has 0 aliphatic carbocycles. The maximum atomic E-state index is 13.5. The van der Waals surface area contributed by atoms with Crippen molar-refractivity contribution in [1.82, 2.24) is 19.9 Å². The van der Waals surface area contributed by atoms with Crippen molar-refractivity contribution in [2.24, 2.45) is 5.92 Å². The van der Waals surface area contributed by atoms with Gasteiger partial charge in [-0.3, -0.25) is 18.4 Å². The van der Waals surface area contributed by atoms with Crippen molar-refractivity contribution in [2.75, 3.05) is 18.9 Å². The second kappa shape index (κ2) is 12.8. The summed E-state index contributed by atoms with van der Waals surface area (Å²) in [4.78, 5) is 21.3. The van der Waals surface area contributed by atoms with Gasteiger partial charge in [0, 0.05) is 17.6 Å². The van der Waals surface area contributed by atoms with E-state index in [0.717, 1.165) is 0 Å². The maximum absolute atomic E-state index is 13.5. The van der Waals surface area contributed by atoms with Crippen LogP contribution in [-0.4, -0.2) is 69.0 Å². The first-order valence-corrected chi connectivity index (χ1v) is 15.7. The lowest BCUT2D eigenvalue weighted by atomic mass is 9.95. The summed E-state index contributed by atoms with van der Waals surface area (Å²) in [6.45, 7) is 3.47. The van der Waals surface area contributed by atoms with Gasteiger partial charge in [0.1, 0.15) is 35.5 Å². The van der Waals surface area contributed by atoms with E-state index in [1.54, 1.807) is 30.3 Å². The number of hydrogen-bond acceptors (Lipinski definition) is 12. The van der Waals surface area contributed by atoms with Crippen LogP contribution in [0.3, 0.4) is 0 Å². The summed E-state index contributed by atoms with van der Waals surface area (Å²) in [5.74, 6) is -2.01. The summed E-state index contributed by atoms with van der Waals surface area (Å²) in [7, 11) is -4.24. The van der Waals surface area contributed by atoms with Crippen LogP contribution >= 0.6 is 19.4 Å². The number of ether oxygens (including phenoxy) is 2. The summed E-state index contributed by atoms with van der Waals surface area (Å²) in [6.07, 6.45) is -6.84. The Hall–Kier alpha value is -2.82. The molecule has 1 unspecified atom stereocenters. The standard InChI is InChI=1S/C27H32ClF3N5O8P/c1-14(2)20(35-27(29,30)31)24(37)43-21-19(12-41-45(39)40-10-8-18(44-45)15-5-4-6-16(28)11-15)42-25(26(21,3)38)36-9-7-17-22(32)33-13-34-23(17)36/h4-7,9,11,13-14,18-21,25,35,38H,8,10,12H2,1-3H3,(H2,32,33,34)/t18-,19-,20+,21-,25-,26-,45?/m1/s1. The van der Waals surface area contributed by atoms with Gasteiger partial charge < -0.3 is 24.9 Å². The van der Waals surface area contributed by atoms with Gasteiger partial charge in [-0.05, 0) is 36.6 Å². The predicted octanol–water partition coefficient (Wildman–Crippen LogP) is 4.66. The summed E-state index contributed by atoms with van der Waals surface area (Å²) in [5.41, 5.74) is 4.77. The number of hydrogen-bond donors (Lipinski definition) is 3. The third-order valence-electron chi connectivity index (χ3n) is 7.50. The van der Waals surface area contributed by atoms with Crippen molar-refractivity contribution in [3.8, 4) is 0 Å². The molecule has 3 aromatic rings. The van der Waals surface area contributed by atoms with Crippen LogP contribution in [0.15, 0.2) is 42.9 Å². The molecule has 1 aromatic carbocycles. The Labute approximate surface area is 260 Å². The second-order valence-corrected chi connectivity index (χ2v) is 13.3. The molecule has 0 amide bonds. The third kappa shape index (κ3) is 7.28. The van der Waals surface area contributed by atoms with Gasteiger partial charge in [0.25, 0.3) is 0 Å². The van der Waals surface area contributed by atoms with Crippen molar-refractivity contribution >= 4 is 42.2 Å². The number of fused-ring (bicyclic) bond motifs is 1. The molecule has 0 saturated carbocycles. The van der Waals surface area contributed by atoms with Gasteiger partial charge in [0.15, 0.2) is 12.3 Å². The number of nitrogens with one attached hydrogen (secondary N) is 1. The molecule has 0 spiro atoms. The Bertz CT molecular complexity index is 1590. The highest BCUT2D eigenvalue weighted by Gasteiger charge is 2.57. The normalized spacial score (nSPS) is 29.7. The second-order valence-electron chi connectivity index (χ2n) is 11.2. The van der Waals surface area contributed by atoms with E-state index >= 15 is 0 Å². The number of anilines is 1. The van der Waals surface area contributed by atoms with E-state index in [1.807, 2.05) is 0 Å². The summed E-state index contributed by atoms with van der Waals surface area (Å²) in [5, 5.41) is 13.9. The lowest BCUT2D eigenvalue weighted by molar-refractivity contribution is -0.188. The molecule has 4 N–H and O–H groups in total. The molecule has 18 heteroatoms. The number of phosphoric ester groups is 1. The number of aromatic nitrogens is 3. The van der Waals surface area contributed by atoms with Gasteiger partial charge in [0.05, 0.1) is 24.7 Å². The number of aliphatic hydroxyl groups is 1. The van der Waals surface area contributed by atoms with Crippen molar-refractivity contribution in [3.63, 3.8) is 0 Å². The van der Waals surface area contributed by atoms with E-state index < -0.39 is 68.8 Å². The van der Waals surface area contributed by atoms with Crippen LogP contribution < -0.4 is 11.1 Å². The number of halogens is 4. The number of carbonyl (C=O) groups is 1. The number of benzene rings is 1. The van der Waals surface area contributed by atoms with Crippen LogP contribution in [0.2, 0.25) is 5.02 Å². The molecule has 2 aliphatic rings. The topological polar surface area (TPSA) is 169 Å². The van der Waals surface area contributed by atoms with Crippen LogP contribution in [0.4, 0.5) is 19.0 Å². The minimum absolute atomic E-state index is 0.00833. The fourth-order valence-corrected chi connectivity index (χ4v) is 6.88. The van der Waals surface area contributed by atoms with Gasteiger partial charge in [-0.2, -0.15) is 13.2 Å². The molecule has 0 bridgehead atoms. The highest BCUT2D eigenvalue weighted by atomic mass is 35.5. The maximum Gasteiger partial charge on any atom is 0.475 e. The predicted molar refractivity (Wildman–Crippen MR) is 154 cm³/mol. The Morgan fingerprint density at radius 2 is 2.09 bits per heavy atom. The minimum Gasteiger partial charge on any atom is -0.455 e. The summed E-state index contributed by atoms with van der Waals surface area (Å²) < 4.78 is 82.9. The average Bonchev–Trinajstić information content (AvgIpc) is 3.49. The molecule has 2 fully saturated rings. The van der Waals surface area contributed by atoms with Gasteiger partial charge in [-0.1, -0.05) is 37.6 Å². The number of esters is 1. The largest absolute Gasteiger partial charge is 0.475 e. The van der Waals surface area contributed by atoms with Gasteiger partial charge >= 0.3 is 20.1 Å². The molecule has 4 heterocycles. The Balaban J connectivity index is 1.42. The molecular formula is C27H32ClF3N5O8P. The first kappa shape index (κ1) is 33.5. The quantitative estimate of drug-likeness (QED) is 0.163. The van der Waals surface area contributed by atoms with E-state index in [2.05, 4.69) is 9.97 Å². The van der Waals surface area contributed by atoms with Crippen molar-refractivity contribution in [3.05, 3.63) is 53.4 Å². The van der Waals surface area contributed by atoms with E-state index in [4.69, 9.17) is 40.4 Å². The summed E-state index contributed by atoms with van der Waals surface area (Å²) >= 11 is 6.09. The molecule has 7 atom stereocenters. The van der Waals surface area contributed by atoms with E-state index in [0.29, 0.717) is 22.4 Å². The highest BCUT2D eigenvalue weighted by Crippen LogP contribution is 2.57. The Morgan fingerprint density at radius 3 is 2.78 bits per heavy atom. The zero-order valence-corrected chi connectivity index (χ0v) is 26.0. The number of nitrogens with two attached hydrogens (primary N) is 1. The van der Waals surface area contributed by atoms with Crippen molar-refractivity contribution in [2.45, 2.75) is 69.7 Å². The van der Waals surface area contributed by atoms with E-state index in [-0.39, 0.29) is 18.1 Å². The van der Waals surface area contributed by atoms with Crippen LogP contribution in [0.1, 0.15) is 45.1 Å². The molecule has 2 aromatic heterocycles. The van der Waals surface area contributed by atoms with Crippen LogP contribution in [0, 0.1) is 5.92 Å². The number of nitrogen functional groups attached to an aromatic ring is 1. The number of phosphoric acid groups is 1. The van der Waals surface area contributed by atoms with Gasteiger partial charge in [-0.25, -0.2) is 19.8 Å². The zero-order valence-electron chi connectivity index (χ0n) is 24.3. The monoisotopic (exact) mass is 677 g/mol. The fraction of sp³-hybridized carbons (Fsp3) is 0.519. The Morgan fingerprint density at radius 1 is 1.33 bits per heavy atom. The van der Waals surface area contributed by atoms with Gasteiger partial charge in [0.2, 0.25) is 0 Å². The molecular weight excluding hydrogens is 646 g/mol.